The standard InChI is InChI=1S/C14H13FO2/c1-9-3-4-11(15)7-14(9)10-5-12(16)8-13(6-10)17-2/h3-8,16H,1-2H3. The molecule has 0 aliphatic heterocycles. The maximum Gasteiger partial charge on any atom is 0.123 e. The Morgan fingerprint density at radius 3 is 2.59 bits per heavy atom. The van der Waals surface area contributed by atoms with E-state index in [-0.39, 0.29) is 11.6 Å². The van der Waals surface area contributed by atoms with Crippen LogP contribution in [-0.2, 0) is 0 Å². The quantitative estimate of drug-likeness (QED) is 0.858. The first-order valence-corrected chi connectivity index (χ1v) is 5.25. The van der Waals surface area contributed by atoms with E-state index in [0.717, 1.165) is 16.7 Å². The molecule has 0 fully saturated rings. The second-order valence-corrected chi connectivity index (χ2v) is 3.88. The van der Waals surface area contributed by atoms with E-state index >= 15 is 0 Å². The first kappa shape index (κ1) is 11.5. The van der Waals surface area contributed by atoms with E-state index in [1.165, 1.54) is 25.3 Å². The van der Waals surface area contributed by atoms with Crippen molar-refractivity contribution in [2.24, 2.45) is 0 Å². The fourth-order valence-electron chi connectivity index (χ4n) is 1.76. The van der Waals surface area contributed by atoms with Crippen LogP contribution >= 0.6 is 0 Å². The number of hydrogen-bond acceptors (Lipinski definition) is 2. The average Bonchev–Trinajstić information content (AvgIpc) is 2.31. The van der Waals surface area contributed by atoms with Crippen LogP contribution in [-0.4, -0.2) is 12.2 Å². The molecular formula is C14H13FO2. The summed E-state index contributed by atoms with van der Waals surface area (Å²) in [6.45, 7) is 1.89. The molecule has 2 aromatic rings. The lowest BCUT2D eigenvalue weighted by molar-refractivity contribution is 0.408. The van der Waals surface area contributed by atoms with Crippen LogP contribution in [0.15, 0.2) is 36.4 Å². The normalized spacial score (nSPS) is 10.3. The van der Waals surface area contributed by atoms with Crippen molar-refractivity contribution in [3.63, 3.8) is 0 Å². The van der Waals surface area contributed by atoms with Crippen molar-refractivity contribution in [2.75, 3.05) is 7.11 Å². The number of rotatable bonds is 2. The van der Waals surface area contributed by atoms with Crippen LogP contribution in [0.3, 0.4) is 0 Å². The lowest BCUT2D eigenvalue weighted by Gasteiger charge is -2.09. The SMILES string of the molecule is COc1cc(O)cc(-c2cc(F)ccc2C)c1. The van der Waals surface area contributed by atoms with Gasteiger partial charge in [-0.25, -0.2) is 4.39 Å². The minimum Gasteiger partial charge on any atom is -0.508 e. The molecule has 88 valence electrons. The van der Waals surface area contributed by atoms with E-state index in [0.29, 0.717) is 5.75 Å². The first-order chi connectivity index (χ1) is 8.10. The summed E-state index contributed by atoms with van der Waals surface area (Å²) in [4.78, 5) is 0. The first-order valence-electron chi connectivity index (χ1n) is 5.25. The number of benzene rings is 2. The van der Waals surface area contributed by atoms with Crippen LogP contribution in [0.4, 0.5) is 4.39 Å². The third-order valence-corrected chi connectivity index (χ3v) is 2.64. The Morgan fingerprint density at radius 2 is 1.88 bits per heavy atom. The minimum absolute atomic E-state index is 0.100. The number of hydrogen-bond donors (Lipinski definition) is 1. The summed E-state index contributed by atoms with van der Waals surface area (Å²) < 4.78 is 18.3. The molecule has 0 bridgehead atoms. The summed E-state index contributed by atoms with van der Waals surface area (Å²) >= 11 is 0. The maximum atomic E-state index is 13.2. The Morgan fingerprint density at radius 1 is 1.12 bits per heavy atom. The molecule has 2 rings (SSSR count). The van der Waals surface area contributed by atoms with E-state index in [1.54, 1.807) is 18.2 Å². The summed E-state index contributed by atoms with van der Waals surface area (Å²) in [6.07, 6.45) is 0. The van der Waals surface area contributed by atoms with Gasteiger partial charge in [-0.15, -0.1) is 0 Å². The number of halogens is 1. The van der Waals surface area contributed by atoms with Crippen LogP contribution in [0.2, 0.25) is 0 Å². The lowest BCUT2D eigenvalue weighted by atomic mass is 10.00. The van der Waals surface area contributed by atoms with Gasteiger partial charge >= 0.3 is 0 Å². The smallest absolute Gasteiger partial charge is 0.123 e. The average molecular weight is 232 g/mol. The van der Waals surface area contributed by atoms with Gasteiger partial charge in [-0.1, -0.05) is 6.07 Å². The minimum atomic E-state index is -0.298. The molecule has 3 heteroatoms. The Hall–Kier alpha value is -2.03. The number of methoxy groups -OCH3 is 1. The van der Waals surface area contributed by atoms with Crippen LogP contribution in [0.25, 0.3) is 11.1 Å². The molecular weight excluding hydrogens is 219 g/mol. The Balaban J connectivity index is 2.59. The molecule has 0 aliphatic rings. The summed E-state index contributed by atoms with van der Waals surface area (Å²) in [5.41, 5.74) is 2.43. The van der Waals surface area contributed by atoms with Crippen LogP contribution in [0.1, 0.15) is 5.56 Å². The van der Waals surface area contributed by atoms with Crippen molar-refractivity contribution < 1.29 is 14.2 Å². The van der Waals surface area contributed by atoms with Gasteiger partial charge in [0.05, 0.1) is 7.11 Å². The second kappa shape index (κ2) is 4.45. The second-order valence-electron chi connectivity index (χ2n) is 3.88. The van der Waals surface area contributed by atoms with Crippen molar-refractivity contribution in [2.45, 2.75) is 6.92 Å². The predicted octanol–water partition coefficient (Wildman–Crippen LogP) is 3.52. The molecule has 0 spiro atoms. The number of phenolic OH excluding ortho intramolecular Hbond substituents is 1. The van der Waals surface area contributed by atoms with Gasteiger partial charge in [-0.3, -0.25) is 0 Å². The van der Waals surface area contributed by atoms with Gasteiger partial charge in [0.25, 0.3) is 0 Å². The van der Waals surface area contributed by atoms with Gasteiger partial charge < -0.3 is 9.84 Å². The fourth-order valence-corrected chi connectivity index (χ4v) is 1.76. The number of aromatic hydroxyl groups is 1. The molecule has 17 heavy (non-hydrogen) atoms. The van der Waals surface area contributed by atoms with Gasteiger partial charge in [0, 0.05) is 6.07 Å². The zero-order valence-corrected chi connectivity index (χ0v) is 9.70. The van der Waals surface area contributed by atoms with E-state index in [9.17, 15) is 9.50 Å². The van der Waals surface area contributed by atoms with Crippen molar-refractivity contribution in [3.8, 4) is 22.6 Å². The maximum absolute atomic E-state index is 13.2. The molecule has 0 saturated heterocycles. The fraction of sp³-hybridized carbons (Fsp3) is 0.143. The summed E-state index contributed by atoms with van der Waals surface area (Å²) in [6, 6.07) is 9.44. The summed E-state index contributed by atoms with van der Waals surface area (Å²) in [5.74, 6) is 0.347. The zero-order valence-electron chi connectivity index (χ0n) is 9.70. The highest BCUT2D eigenvalue weighted by Crippen LogP contribution is 2.31. The molecule has 0 amide bonds. The Kier molecular flexibility index (Phi) is 3.00. The van der Waals surface area contributed by atoms with Crippen molar-refractivity contribution in [3.05, 3.63) is 47.8 Å². The van der Waals surface area contributed by atoms with Gasteiger partial charge in [0.1, 0.15) is 17.3 Å². The third kappa shape index (κ3) is 2.38. The van der Waals surface area contributed by atoms with Crippen molar-refractivity contribution >= 4 is 0 Å². The van der Waals surface area contributed by atoms with Crippen molar-refractivity contribution in [1.82, 2.24) is 0 Å². The molecule has 0 heterocycles. The van der Waals surface area contributed by atoms with Gasteiger partial charge in [0.2, 0.25) is 0 Å². The Labute approximate surface area is 99.3 Å². The van der Waals surface area contributed by atoms with Gasteiger partial charge in [-0.2, -0.15) is 0 Å². The zero-order chi connectivity index (χ0) is 12.4. The van der Waals surface area contributed by atoms with E-state index in [2.05, 4.69) is 0 Å². The molecule has 0 aromatic heterocycles. The third-order valence-electron chi connectivity index (χ3n) is 2.64. The number of phenols is 1. The highest BCUT2D eigenvalue weighted by Gasteiger charge is 2.07. The lowest BCUT2D eigenvalue weighted by Crippen LogP contribution is -1.88. The number of aryl methyl sites for hydroxylation is 1. The molecule has 0 saturated carbocycles. The van der Waals surface area contributed by atoms with Crippen LogP contribution in [0.5, 0.6) is 11.5 Å². The number of ether oxygens (including phenoxy) is 1. The largest absolute Gasteiger partial charge is 0.508 e. The van der Waals surface area contributed by atoms with E-state index in [4.69, 9.17) is 4.74 Å². The topological polar surface area (TPSA) is 29.5 Å². The molecule has 0 unspecified atom stereocenters. The summed E-state index contributed by atoms with van der Waals surface area (Å²) in [7, 11) is 1.52. The Bertz CT molecular complexity index is 550. The van der Waals surface area contributed by atoms with Gasteiger partial charge in [-0.05, 0) is 47.9 Å². The highest BCUT2D eigenvalue weighted by atomic mass is 19.1. The predicted molar refractivity (Wildman–Crippen MR) is 64.8 cm³/mol. The summed E-state index contributed by atoms with van der Waals surface area (Å²) in [5, 5.41) is 9.57. The van der Waals surface area contributed by atoms with E-state index in [1.807, 2.05) is 6.92 Å². The van der Waals surface area contributed by atoms with Crippen LogP contribution < -0.4 is 4.74 Å². The monoisotopic (exact) mass is 232 g/mol. The molecule has 0 radical (unpaired) electrons. The van der Waals surface area contributed by atoms with Gasteiger partial charge in [0.15, 0.2) is 0 Å². The van der Waals surface area contributed by atoms with E-state index < -0.39 is 0 Å². The highest BCUT2D eigenvalue weighted by molar-refractivity contribution is 5.70. The molecule has 0 atom stereocenters. The van der Waals surface area contributed by atoms with Crippen LogP contribution in [0, 0.1) is 12.7 Å². The molecule has 2 nitrogen and oxygen atoms in total. The molecule has 2 aromatic carbocycles. The molecule has 0 aliphatic carbocycles. The van der Waals surface area contributed by atoms with Crippen molar-refractivity contribution in [1.29, 1.82) is 0 Å². The molecule has 1 N–H and O–H groups in total.